The van der Waals surface area contributed by atoms with Crippen molar-refractivity contribution in [1.82, 2.24) is 9.97 Å². The molecule has 3 rings (SSSR count). The third-order valence-electron chi connectivity index (χ3n) is 4.36. The molecule has 0 atom stereocenters. The van der Waals surface area contributed by atoms with Crippen molar-refractivity contribution in [3.05, 3.63) is 11.4 Å². The van der Waals surface area contributed by atoms with Gasteiger partial charge >= 0.3 is 0 Å². The molecule has 0 spiro atoms. The van der Waals surface area contributed by atoms with Crippen molar-refractivity contribution in [3.8, 4) is 0 Å². The van der Waals surface area contributed by atoms with Crippen molar-refractivity contribution in [2.24, 2.45) is 5.73 Å². The Morgan fingerprint density at radius 2 is 1.91 bits per heavy atom. The number of nitrogens with two attached hydrogens (primary N) is 1. The summed E-state index contributed by atoms with van der Waals surface area (Å²) < 4.78 is 1.22. The van der Waals surface area contributed by atoms with Gasteiger partial charge in [-0.3, -0.25) is 0 Å². The number of fused-ring (bicyclic) bond motifs is 1. The molecule has 0 aliphatic carbocycles. The van der Waals surface area contributed by atoms with Gasteiger partial charge < -0.3 is 16.0 Å². The van der Waals surface area contributed by atoms with Crippen molar-refractivity contribution in [1.29, 1.82) is 0 Å². The summed E-state index contributed by atoms with van der Waals surface area (Å²) in [5.74, 6) is 1.89. The summed E-state index contributed by atoms with van der Waals surface area (Å²) >= 11 is 1.75. The lowest BCUT2D eigenvalue weighted by Crippen LogP contribution is -2.30. The predicted octanol–water partition coefficient (Wildman–Crippen LogP) is 3.61. The lowest BCUT2D eigenvalue weighted by atomic mass is 10.1. The molecule has 3 heterocycles. The first-order valence-electron chi connectivity index (χ1n) is 8.82. The molecule has 2 aromatic heterocycles. The zero-order chi connectivity index (χ0) is 15.9. The van der Waals surface area contributed by atoms with Gasteiger partial charge in [0.25, 0.3) is 0 Å². The number of nitrogens with zero attached hydrogens (tertiary/aromatic N) is 3. The number of thiophene rings is 1. The van der Waals surface area contributed by atoms with Gasteiger partial charge in [0, 0.05) is 19.6 Å². The van der Waals surface area contributed by atoms with Crippen LogP contribution in [0.25, 0.3) is 10.2 Å². The summed E-state index contributed by atoms with van der Waals surface area (Å²) in [6, 6.07) is 2.10. The van der Waals surface area contributed by atoms with Crippen LogP contribution in [0.5, 0.6) is 0 Å². The fourth-order valence-corrected chi connectivity index (χ4v) is 3.92. The average molecular weight is 334 g/mol. The summed E-state index contributed by atoms with van der Waals surface area (Å²) in [5, 5.41) is 5.52. The SMILES string of the molecule is NCCCCCCNc1nc(N2CCCCC2)c2sccc2n1. The zero-order valence-electron chi connectivity index (χ0n) is 13.8. The van der Waals surface area contributed by atoms with E-state index >= 15 is 0 Å². The van der Waals surface area contributed by atoms with Gasteiger partial charge in [-0.05, 0) is 50.1 Å². The maximum Gasteiger partial charge on any atom is 0.225 e. The van der Waals surface area contributed by atoms with Crippen LogP contribution in [0.15, 0.2) is 11.4 Å². The van der Waals surface area contributed by atoms with Crippen LogP contribution in [0.2, 0.25) is 0 Å². The molecule has 0 unspecified atom stereocenters. The van der Waals surface area contributed by atoms with Gasteiger partial charge in [0.2, 0.25) is 5.95 Å². The molecule has 3 N–H and O–H groups in total. The first kappa shape index (κ1) is 16.5. The number of hydrogen-bond donors (Lipinski definition) is 2. The lowest BCUT2D eigenvalue weighted by molar-refractivity contribution is 0.575. The molecule has 0 amide bonds. The molecule has 5 nitrogen and oxygen atoms in total. The second kappa shape index (κ2) is 8.45. The predicted molar refractivity (Wildman–Crippen MR) is 99.5 cm³/mol. The van der Waals surface area contributed by atoms with Gasteiger partial charge in [-0.25, -0.2) is 4.98 Å². The van der Waals surface area contributed by atoms with Gasteiger partial charge in [-0.15, -0.1) is 11.3 Å². The van der Waals surface area contributed by atoms with Crippen LogP contribution in [0.1, 0.15) is 44.9 Å². The van der Waals surface area contributed by atoms with Crippen LogP contribution in [0, 0.1) is 0 Å². The summed E-state index contributed by atoms with van der Waals surface area (Å²) in [7, 11) is 0. The minimum atomic E-state index is 0.773. The fourth-order valence-electron chi connectivity index (χ4n) is 3.07. The largest absolute Gasteiger partial charge is 0.355 e. The molecule has 6 heteroatoms. The molecule has 23 heavy (non-hydrogen) atoms. The Balaban J connectivity index is 1.66. The quantitative estimate of drug-likeness (QED) is 0.722. The smallest absolute Gasteiger partial charge is 0.225 e. The molecule has 126 valence electrons. The monoisotopic (exact) mass is 333 g/mol. The number of anilines is 2. The summed E-state index contributed by atoms with van der Waals surface area (Å²) in [5.41, 5.74) is 6.59. The van der Waals surface area contributed by atoms with Gasteiger partial charge in [-0.1, -0.05) is 12.8 Å². The van der Waals surface area contributed by atoms with Gasteiger partial charge in [-0.2, -0.15) is 4.98 Å². The Morgan fingerprint density at radius 3 is 2.74 bits per heavy atom. The van der Waals surface area contributed by atoms with Crippen LogP contribution in [0.3, 0.4) is 0 Å². The van der Waals surface area contributed by atoms with E-state index in [0.717, 1.165) is 56.3 Å². The van der Waals surface area contributed by atoms with Gasteiger partial charge in [0.15, 0.2) is 5.82 Å². The summed E-state index contributed by atoms with van der Waals surface area (Å²) in [4.78, 5) is 11.9. The normalized spacial score (nSPS) is 15.3. The first-order chi connectivity index (χ1) is 11.4. The van der Waals surface area contributed by atoms with E-state index in [1.807, 2.05) is 0 Å². The molecule has 0 aromatic carbocycles. The Labute approximate surface area is 142 Å². The Kier molecular flexibility index (Phi) is 6.05. The lowest BCUT2D eigenvalue weighted by Gasteiger charge is -2.28. The van der Waals surface area contributed by atoms with E-state index in [2.05, 4.69) is 26.6 Å². The average Bonchev–Trinajstić information content (AvgIpc) is 3.06. The maximum atomic E-state index is 5.53. The van der Waals surface area contributed by atoms with E-state index in [1.165, 1.54) is 36.8 Å². The van der Waals surface area contributed by atoms with Crippen LogP contribution >= 0.6 is 11.3 Å². The van der Waals surface area contributed by atoms with Crippen molar-refractivity contribution < 1.29 is 0 Å². The summed E-state index contributed by atoms with van der Waals surface area (Å²) in [6.07, 6.45) is 8.55. The number of hydrogen-bond acceptors (Lipinski definition) is 6. The molecule has 2 aromatic rings. The molecular weight excluding hydrogens is 306 g/mol. The molecular formula is C17H27N5S. The topological polar surface area (TPSA) is 67.1 Å². The highest BCUT2D eigenvalue weighted by Crippen LogP contribution is 2.31. The number of unbranched alkanes of at least 4 members (excludes halogenated alkanes) is 3. The van der Waals surface area contributed by atoms with E-state index in [-0.39, 0.29) is 0 Å². The van der Waals surface area contributed by atoms with Gasteiger partial charge in [0.1, 0.15) is 0 Å². The first-order valence-corrected chi connectivity index (χ1v) is 9.70. The van der Waals surface area contributed by atoms with E-state index in [1.54, 1.807) is 11.3 Å². The maximum absolute atomic E-state index is 5.53. The number of rotatable bonds is 8. The standard InChI is InChI=1S/C17H27N5S/c18-9-4-1-2-5-10-19-17-20-14-8-13-23-15(14)16(21-17)22-11-6-3-7-12-22/h8,13H,1-7,9-12,18H2,(H,19,20,21). The van der Waals surface area contributed by atoms with Crippen molar-refractivity contribution in [2.45, 2.75) is 44.9 Å². The Morgan fingerprint density at radius 1 is 1.09 bits per heavy atom. The molecule has 0 saturated carbocycles. The number of aromatic nitrogens is 2. The molecule has 1 fully saturated rings. The Hall–Kier alpha value is -1.40. The number of piperidine rings is 1. The van der Waals surface area contributed by atoms with Crippen molar-refractivity contribution in [2.75, 3.05) is 36.4 Å². The molecule has 0 radical (unpaired) electrons. The highest BCUT2D eigenvalue weighted by atomic mass is 32.1. The highest BCUT2D eigenvalue weighted by molar-refractivity contribution is 7.17. The van der Waals surface area contributed by atoms with E-state index in [0.29, 0.717) is 0 Å². The molecule has 0 bridgehead atoms. The van der Waals surface area contributed by atoms with E-state index in [4.69, 9.17) is 10.7 Å². The minimum absolute atomic E-state index is 0.773. The molecule has 1 aliphatic rings. The van der Waals surface area contributed by atoms with Crippen molar-refractivity contribution >= 4 is 33.3 Å². The molecule has 1 aliphatic heterocycles. The van der Waals surface area contributed by atoms with Crippen LogP contribution < -0.4 is 16.0 Å². The van der Waals surface area contributed by atoms with Crippen LogP contribution in [-0.4, -0.2) is 36.1 Å². The highest BCUT2D eigenvalue weighted by Gasteiger charge is 2.17. The third-order valence-corrected chi connectivity index (χ3v) is 5.25. The molecule has 1 saturated heterocycles. The van der Waals surface area contributed by atoms with Crippen LogP contribution in [0.4, 0.5) is 11.8 Å². The minimum Gasteiger partial charge on any atom is -0.355 e. The van der Waals surface area contributed by atoms with Gasteiger partial charge in [0.05, 0.1) is 10.2 Å². The Bertz CT molecular complexity index is 606. The summed E-state index contributed by atoms with van der Waals surface area (Å²) in [6.45, 7) is 3.95. The number of nitrogens with one attached hydrogen (secondary N) is 1. The fraction of sp³-hybridized carbons (Fsp3) is 0.647. The third kappa shape index (κ3) is 4.32. The van der Waals surface area contributed by atoms with Crippen LogP contribution in [-0.2, 0) is 0 Å². The van der Waals surface area contributed by atoms with E-state index in [9.17, 15) is 0 Å². The van der Waals surface area contributed by atoms with Crippen molar-refractivity contribution in [3.63, 3.8) is 0 Å². The second-order valence-electron chi connectivity index (χ2n) is 6.18. The zero-order valence-corrected chi connectivity index (χ0v) is 14.6. The second-order valence-corrected chi connectivity index (χ2v) is 7.10. The van der Waals surface area contributed by atoms with E-state index < -0.39 is 0 Å².